The molecule has 5 N–H and O–H groups in total. The normalized spacial score (nSPS) is 18.5. The van der Waals surface area contributed by atoms with E-state index in [9.17, 15) is 78.6 Å². The largest absolute Gasteiger partial charge is 0.550 e. The van der Waals surface area contributed by atoms with Gasteiger partial charge in [-0.05, 0) is 80.0 Å². The van der Waals surface area contributed by atoms with E-state index >= 15 is 0 Å². The molecule has 75 heavy (non-hydrogen) atoms. The van der Waals surface area contributed by atoms with Crippen LogP contribution in [0, 0.1) is 55.9 Å². The molecular weight excluding hydrogens is 1200 g/mol. The zero-order chi connectivity index (χ0) is 54.2. The molecule has 1 aliphatic heterocycles. The smallest absolute Gasteiger partial charge is 0.315 e. The summed E-state index contributed by atoms with van der Waals surface area (Å²) >= 11 is 0. The molecule has 4 rings (SSSR count). The third-order valence-corrected chi connectivity index (χ3v) is 13.1. The molecule has 0 unspecified atom stereocenters. The maximum Gasteiger partial charge on any atom is 0.315 e. The van der Waals surface area contributed by atoms with Gasteiger partial charge in [0.05, 0.1) is 48.5 Å². The topological polar surface area (TPSA) is 382 Å². The standard InChI is InChI=1S/C49H71N9O16.Ac/c59-40(28-55-17-19-56(29-42(62)63)21-23-58(31-44(66)67)24-22-57(20-18-55)30-43(64)65)51-27-32-8-12-35(13-9-32)45(68)52-39(26-33-10-11-34-5-1-2-6-36(34)25-33)46(69)50-16-4-3-7-37(47(70)71)53-49(74)54-38(48(72)73)14-15-41(60)61;/h1-2,5-6,10-11,25,32,35,37-39H,3-4,7-9,12-24,26-31H2,(H,50,69)(H,51,59)(H,52,68)(H,60,61)(H,62,63)(H,64,65)(H,66,67)(H,70,71)(H,72,73)(H2,53,54,74);/p-6/t32?,35?,37-,38-,39-;/m0./s1/i;1-2. The van der Waals surface area contributed by atoms with Crippen LogP contribution in [-0.2, 0) is 49.6 Å². The fourth-order valence-electron chi connectivity index (χ4n) is 8.93. The maximum absolute atomic E-state index is 13.8. The zero-order valence-electron chi connectivity index (χ0n) is 41.8. The van der Waals surface area contributed by atoms with E-state index in [1.165, 1.54) is 4.90 Å². The number of unbranched alkanes of at least 4 members (excludes halogenated alkanes) is 1. The van der Waals surface area contributed by atoms with E-state index in [-0.39, 0.29) is 153 Å². The Balaban J connectivity index is 0.0000148. The zero-order valence-corrected chi connectivity index (χ0v) is 46.5. The number of hydrogen-bond donors (Lipinski definition) is 5. The third kappa shape index (κ3) is 24.8. The number of nitrogens with one attached hydrogen (secondary N) is 5. The first-order chi connectivity index (χ1) is 35.2. The van der Waals surface area contributed by atoms with E-state index in [2.05, 4.69) is 21.3 Å². The summed E-state index contributed by atoms with van der Waals surface area (Å²) in [6.45, 7) is 0.581. The number of carboxylic acids is 6. The van der Waals surface area contributed by atoms with Crippen molar-refractivity contribution in [3.05, 3.63) is 48.0 Å². The Morgan fingerprint density at radius 1 is 0.533 bits per heavy atom. The van der Waals surface area contributed by atoms with Gasteiger partial charge in [-0.3, -0.25) is 34.0 Å². The molecule has 1 saturated carbocycles. The van der Waals surface area contributed by atoms with Crippen LogP contribution < -0.4 is 57.2 Å². The van der Waals surface area contributed by atoms with E-state index in [4.69, 9.17) is 0 Å². The van der Waals surface area contributed by atoms with Gasteiger partial charge in [0.2, 0.25) is 17.7 Å². The summed E-state index contributed by atoms with van der Waals surface area (Å²) in [5.74, 6) is -10.5. The third-order valence-electron chi connectivity index (χ3n) is 13.1. The fourth-order valence-corrected chi connectivity index (χ4v) is 8.93. The summed E-state index contributed by atoms with van der Waals surface area (Å²) in [4.78, 5) is 128. The second-order valence-electron chi connectivity index (χ2n) is 18.7. The van der Waals surface area contributed by atoms with Gasteiger partial charge in [0.1, 0.15) is 6.04 Å². The number of carbonyl (C=O) groups is 10. The number of amides is 5. The second-order valence-corrected chi connectivity index (χ2v) is 18.7. The Bertz CT molecular complexity index is 2240. The first kappa shape index (κ1) is 63.8. The van der Waals surface area contributed by atoms with Crippen molar-refractivity contribution in [1.82, 2.24) is 46.2 Å². The Morgan fingerprint density at radius 2 is 1.03 bits per heavy atom. The van der Waals surface area contributed by atoms with Crippen LogP contribution in [0.2, 0.25) is 0 Å². The molecule has 2 aliphatic rings. The SMILES string of the molecule is O=C([O-])CC[C@H](NC(=O)N[C@@H](CCCCNC(=O)[C@H](Cc1ccc2ccccc2c1)NC(=O)C1CCC(CNC(=O)CN2CCN(CC(=O)[O-])CCN(CC(=O)[O-])CCN(CC(=O)[O-])CC2)CC1)C(=O)[O-])C(=O)[O-].[225Ac]. The van der Waals surface area contributed by atoms with Crippen LogP contribution >= 0.6 is 0 Å². The summed E-state index contributed by atoms with van der Waals surface area (Å²) in [5.41, 5.74) is 0.782. The monoisotopic (exact) mass is 1260 g/mol. The number of rotatable bonds is 27. The van der Waals surface area contributed by atoms with Gasteiger partial charge in [0.25, 0.3) is 0 Å². The van der Waals surface area contributed by atoms with E-state index in [1.54, 1.807) is 14.7 Å². The quantitative estimate of drug-likeness (QED) is 0.0519. The average molecular weight is 1260 g/mol. The molecule has 2 aromatic carbocycles. The predicted octanol–water partition coefficient (Wildman–Crippen LogP) is -8.39. The predicted molar refractivity (Wildman–Crippen MR) is 249 cm³/mol. The van der Waals surface area contributed by atoms with Crippen molar-refractivity contribution in [2.75, 3.05) is 91.6 Å². The minimum absolute atomic E-state index is 0. The first-order valence-electron chi connectivity index (χ1n) is 24.7. The molecule has 0 spiro atoms. The van der Waals surface area contributed by atoms with Gasteiger partial charge >= 0.3 is 6.03 Å². The van der Waals surface area contributed by atoms with Crippen molar-refractivity contribution in [3.63, 3.8) is 0 Å². The number of carboxylic acid groups (broad SMARTS) is 6. The maximum atomic E-state index is 13.8. The van der Waals surface area contributed by atoms with Crippen molar-refractivity contribution in [3.8, 4) is 0 Å². The Labute approximate surface area is 470 Å². The van der Waals surface area contributed by atoms with Gasteiger partial charge in [-0.15, -0.1) is 0 Å². The fraction of sp³-hybridized carbons (Fsp3) is 0.592. The minimum atomic E-state index is -1.78. The van der Waals surface area contributed by atoms with E-state index < -0.39 is 104 Å². The molecule has 5 amide bonds. The molecular formula is C49H65AcN9O16-6. The van der Waals surface area contributed by atoms with Crippen LogP contribution in [0.5, 0.6) is 0 Å². The summed E-state index contributed by atoms with van der Waals surface area (Å²) in [6.07, 6.45) is 1.27. The Kier molecular flexibility index (Phi) is 28.5. The van der Waals surface area contributed by atoms with Crippen molar-refractivity contribution in [2.24, 2.45) is 11.8 Å². The molecule has 0 aromatic heterocycles. The Morgan fingerprint density at radius 3 is 1.52 bits per heavy atom. The van der Waals surface area contributed by atoms with Crippen molar-refractivity contribution in [1.29, 1.82) is 0 Å². The number of benzene rings is 2. The van der Waals surface area contributed by atoms with E-state index in [1.807, 2.05) is 47.8 Å². The number of aliphatic carboxylic acids is 6. The molecule has 1 heterocycles. The van der Waals surface area contributed by atoms with Crippen LogP contribution in [0.15, 0.2) is 42.5 Å². The number of fused-ring (bicyclic) bond motifs is 1. The van der Waals surface area contributed by atoms with Gasteiger partial charge < -0.3 is 86.0 Å². The summed E-state index contributed by atoms with van der Waals surface area (Å²) in [6, 6.07) is 7.88. The molecule has 1 aliphatic carbocycles. The van der Waals surface area contributed by atoms with Crippen LogP contribution in [0.1, 0.15) is 63.4 Å². The molecule has 0 bridgehead atoms. The molecule has 26 heteroatoms. The van der Waals surface area contributed by atoms with Crippen molar-refractivity contribution >= 4 is 70.3 Å². The molecule has 1 radical (unpaired) electrons. The molecule has 411 valence electrons. The number of hydrogen-bond acceptors (Lipinski definition) is 20. The Hall–Kier alpha value is -5.52. The van der Waals surface area contributed by atoms with Crippen molar-refractivity contribution in [2.45, 2.75) is 82.3 Å². The van der Waals surface area contributed by atoms with Crippen LogP contribution in [0.4, 0.5) is 4.79 Å². The average Bonchev–Trinajstić information content (AvgIpc) is 3.34. The molecule has 2 aromatic rings. The van der Waals surface area contributed by atoms with Gasteiger partial charge in [-0.2, -0.15) is 0 Å². The molecule has 25 nitrogen and oxygen atoms in total. The first-order valence-corrected chi connectivity index (χ1v) is 24.7. The van der Waals surface area contributed by atoms with E-state index in [0.717, 1.165) is 16.3 Å². The number of nitrogens with zero attached hydrogens (tertiary/aromatic N) is 4. The second kappa shape index (κ2) is 33.5. The van der Waals surface area contributed by atoms with Gasteiger partial charge in [-0.1, -0.05) is 42.5 Å². The van der Waals surface area contributed by atoms with Crippen LogP contribution in [-0.4, -0.2) is 189 Å². The number of urea groups is 1. The minimum Gasteiger partial charge on any atom is -0.550 e. The summed E-state index contributed by atoms with van der Waals surface area (Å²) in [5, 5.41) is 82.9. The summed E-state index contributed by atoms with van der Waals surface area (Å²) < 4.78 is 0. The van der Waals surface area contributed by atoms with Crippen LogP contribution in [0.25, 0.3) is 10.8 Å². The molecule has 3 atom stereocenters. The van der Waals surface area contributed by atoms with Gasteiger partial charge in [0, 0.05) is 147 Å². The van der Waals surface area contributed by atoms with Gasteiger partial charge in [-0.25, -0.2) is 4.79 Å². The summed E-state index contributed by atoms with van der Waals surface area (Å²) in [7, 11) is 0. The van der Waals surface area contributed by atoms with E-state index in [0.29, 0.717) is 32.2 Å². The van der Waals surface area contributed by atoms with Crippen LogP contribution in [0.3, 0.4) is 0 Å². The molecule has 1 saturated heterocycles. The molecule has 2 fully saturated rings. The number of carbonyl (C=O) groups excluding carboxylic acids is 10. The van der Waals surface area contributed by atoms with Gasteiger partial charge in [0.15, 0.2) is 0 Å². The van der Waals surface area contributed by atoms with Crippen molar-refractivity contribution < 1.29 is 123 Å².